The van der Waals surface area contributed by atoms with E-state index < -0.39 is 0 Å². The van der Waals surface area contributed by atoms with Gasteiger partial charge in [0, 0.05) is 6.04 Å². The maximum atomic E-state index is 11.4. The Hall–Kier alpha value is -2.19. The van der Waals surface area contributed by atoms with Crippen molar-refractivity contribution in [1.29, 1.82) is 0 Å². The lowest BCUT2D eigenvalue weighted by atomic mass is 10.1. The lowest BCUT2D eigenvalue weighted by Crippen LogP contribution is -2.29. The highest BCUT2D eigenvalue weighted by molar-refractivity contribution is 5.77. The molecule has 19 heavy (non-hydrogen) atoms. The van der Waals surface area contributed by atoms with Crippen LogP contribution < -0.4 is 20.5 Å². The molecule has 0 saturated heterocycles. The van der Waals surface area contributed by atoms with Gasteiger partial charge in [0.05, 0.1) is 13.7 Å². The smallest absolute Gasteiger partial charge is 0.258 e. The lowest BCUT2D eigenvalue weighted by molar-refractivity contribution is -0.122. The van der Waals surface area contributed by atoms with Gasteiger partial charge in [-0.2, -0.15) is 0 Å². The predicted octanol–water partition coefficient (Wildman–Crippen LogP) is 0.843. The Bertz CT molecular complexity index is 478. The molecule has 1 atom stereocenters. The second-order valence-corrected chi connectivity index (χ2v) is 3.97. The number of benzene rings is 1. The van der Waals surface area contributed by atoms with Crippen LogP contribution in [0.5, 0.6) is 11.5 Å². The van der Waals surface area contributed by atoms with E-state index in [-0.39, 0.29) is 25.1 Å². The van der Waals surface area contributed by atoms with Gasteiger partial charge in [0.2, 0.25) is 0 Å². The highest BCUT2D eigenvalue weighted by Crippen LogP contribution is 2.29. The quantitative estimate of drug-likeness (QED) is 0.745. The first-order valence-corrected chi connectivity index (χ1v) is 5.85. The molecular formula is C14H18N2O3. The van der Waals surface area contributed by atoms with Crippen LogP contribution in [0, 0.1) is 12.3 Å². The minimum absolute atomic E-state index is 0.0955. The molecule has 1 aromatic rings. The standard InChI is InChI=1S/C14H18N2O3/c1-4-7-16-14(17)9-19-12-6-5-11(10(2)15)8-13(12)18-3/h1,5-6,8,10H,7,9,15H2,2-3H3,(H,16,17)/t10-/m0/s1. The summed E-state index contributed by atoms with van der Waals surface area (Å²) in [6.45, 7) is 1.95. The number of carbonyl (C=O) groups is 1. The van der Waals surface area contributed by atoms with E-state index in [0.29, 0.717) is 11.5 Å². The first-order chi connectivity index (χ1) is 9.08. The largest absolute Gasteiger partial charge is 0.493 e. The van der Waals surface area contributed by atoms with Crippen LogP contribution in [0.15, 0.2) is 18.2 Å². The summed E-state index contributed by atoms with van der Waals surface area (Å²) in [5.41, 5.74) is 6.72. The van der Waals surface area contributed by atoms with Crippen molar-refractivity contribution in [3.05, 3.63) is 23.8 Å². The molecule has 1 rings (SSSR count). The molecule has 3 N–H and O–H groups in total. The summed E-state index contributed by atoms with van der Waals surface area (Å²) in [7, 11) is 1.53. The van der Waals surface area contributed by atoms with Crippen LogP contribution in [0.2, 0.25) is 0 Å². The summed E-state index contributed by atoms with van der Waals surface area (Å²) < 4.78 is 10.6. The van der Waals surface area contributed by atoms with E-state index in [1.807, 2.05) is 13.0 Å². The predicted molar refractivity (Wildman–Crippen MR) is 72.9 cm³/mol. The molecule has 0 aliphatic heterocycles. The fourth-order valence-electron chi connectivity index (χ4n) is 1.43. The third-order valence-corrected chi connectivity index (χ3v) is 2.46. The summed E-state index contributed by atoms with van der Waals surface area (Å²) in [5, 5.41) is 2.51. The highest BCUT2D eigenvalue weighted by Gasteiger charge is 2.09. The fourth-order valence-corrected chi connectivity index (χ4v) is 1.43. The molecule has 0 radical (unpaired) electrons. The van der Waals surface area contributed by atoms with Crippen molar-refractivity contribution in [1.82, 2.24) is 5.32 Å². The number of methoxy groups -OCH3 is 1. The van der Waals surface area contributed by atoms with E-state index in [0.717, 1.165) is 5.56 Å². The van der Waals surface area contributed by atoms with Gasteiger partial charge in [0.25, 0.3) is 5.91 Å². The van der Waals surface area contributed by atoms with Crippen LogP contribution in [0.25, 0.3) is 0 Å². The van der Waals surface area contributed by atoms with Crippen molar-refractivity contribution >= 4 is 5.91 Å². The summed E-state index contributed by atoms with van der Waals surface area (Å²) in [4.78, 5) is 11.4. The zero-order chi connectivity index (χ0) is 14.3. The fraction of sp³-hybridized carbons (Fsp3) is 0.357. The van der Waals surface area contributed by atoms with Crippen LogP contribution in [-0.4, -0.2) is 26.2 Å². The van der Waals surface area contributed by atoms with Crippen LogP contribution in [0.4, 0.5) is 0 Å². The minimum Gasteiger partial charge on any atom is -0.493 e. The number of hydrogen-bond donors (Lipinski definition) is 2. The molecule has 0 aromatic heterocycles. The molecule has 1 amide bonds. The number of ether oxygens (including phenoxy) is 2. The number of rotatable bonds is 6. The topological polar surface area (TPSA) is 73.6 Å². The van der Waals surface area contributed by atoms with Crippen LogP contribution in [0.3, 0.4) is 0 Å². The number of carbonyl (C=O) groups excluding carboxylic acids is 1. The number of nitrogens with one attached hydrogen (secondary N) is 1. The van der Waals surface area contributed by atoms with E-state index in [2.05, 4.69) is 11.2 Å². The molecule has 0 aliphatic carbocycles. The average molecular weight is 262 g/mol. The van der Waals surface area contributed by atoms with Crippen LogP contribution in [0.1, 0.15) is 18.5 Å². The number of terminal acetylenes is 1. The lowest BCUT2D eigenvalue weighted by Gasteiger charge is -2.13. The Morgan fingerprint density at radius 1 is 1.53 bits per heavy atom. The van der Waals surface area contributed by atoms with Crippen molar-refractivity contribution in [3.8, 4) is 23.8 Å². The molecular weight excluding hydrogens is 244 g/mol. The SMILES string of the molecule is C#CCNC(=O)COc1ccc([C@H](C)N)cc1OC. The van der Waals surface area contributed by atoms with Gasteiger partial charge in [0.1, 0.15) is 0 Å². The van der Waals surface area contributed by atoms with Crippen LogP contribution >= 0.6 is 0 Å². The Morgan fingerprint density at radius 3 is 2.84 bits per heavy atom. The second-order valence-electron chi connectivity index (χ2n) is 3.97. The van der Waals surface area contributed by atoms with Gasteiger partial charge in [0.15, 0.2) is 18.1 Å². The monoisotopic (exact) mass is 262 g/mol. The average Bonchev–Trinajstić information content (AvgIpc) is 2.42. The molecule has 5 nitrogen and oxygen atoms in total. The first kappa shape index (κ1) is 14.9. The molecule has 0 bridgehead atoms. The maximum absolute atomic E-state index is 11.4. The second kappa shape index (κ2) is 7.29. The van der Waals surface area contributed by atoms with Gasteiger partial charge in [-0.05, 0) is 24.6 Å². The number of hydrogen-bond acceptors (Lipinski definition) is 4. The van der Waals surface area contributed by atoms with Crippen molar-refractivity contribution < 1.29 is 14.3 Å². The number of nitrogens with two attached hydrogens (primary N) is 1. The van der Waals surface area contributed by atoms with E-state index in [4.69, 9.17) is 21.6 Å². The summed E-state index contributed by atoms with van der Waals surface area (Å²) >= 11 is 0. The first-order valence-electron chi connectivity index (χ1n) is 5.85. The Labute approximate surface area is 113 Å². The summed E-state index contributed by atoms with van der Waals surface area (Å²) in [6.07, 6.45) is 5.04. The zero-order valence-electron chi connectivity index (χ0n) is 11.1. The van der Waals surface area contributed by atoms with Gasteiger partial charge in [-0.1, -0.05) is 12.0 Å². The molecule has 102 valence electrons. The van der Waals surface area contributed by atoms with E-state index in [9.17, 15) is 4.79 Å². The van der Waals surface area contributed by atoms with E-state index >= 15 is 0 Å². The maximum Gasteiger partial charge on any atom is 0.258 e. The van der Waals surface area contributed by atoms with Crippen molar-refractivity contribution in [2.24, 2.45) is 5.73 Å². The van der Waals surface area contributed by atoms with Gasteiger partial charge in [-0.15, -0.1) is 6.42 Å². The van der Waals surface area contributed by atoms with Gasteiger partial charge in [-0.25, -0.2) is 0 Å². The Kier molecular flexibility index (Phi) is 5.71. The third kappa shape index (κ3) is 4.53. The summed E-state index contributed by atoms with van der Waals surface area (Å²) in [6, 6.07) is 5.26. The number of amides is 1. The third-order valence-electron chi connectivity index (χ3n) is 2.46. The zero-order valence-corrected chi connectivity index (χ0v) is 11.1. The molecule has 0 saturated carbocycles. The molecule has 0 spiro atoms. The molecule has 0 heterocycles. The van der Waals surface area contributed by atoms with Gasteiger partial charge < -0.3 is 20.5 Å². The molecule has 5 heteroatoms. The minimum atomic E-state index is -0.281. The normalized spacial score (nSPS) is 11.3. The van der Waals surface area contributed by atoms with E-state index in [1.165, 1.54) is 7.11 Å². The Morgan fingerprint density at radius 2 is 2.26 bits per heavy atom. The van der Waals surface area contributed by atoms with Crippen molar-refractivity contribution in [2.75, 3.05) is 20.3 Å². The highest BCUT2D eigenvalue weighted by atomic mass is 16.5. The molecule has 0 unspecified atom stereocenters. The van der Waals surface area contributed by atoms with E-state index in [1.54, 1.807) is 12.1 Å². The molecule has 0 aliphatic rings. The van der Waals surface area contributed by atoms with Crippen molar-refractivity contribution in [3.63, 3.8) is 0 Å². The van der Waals surface area contributed by atoms with Crippen LogP contribution in [-0.2, 0) is 4.79 Å². The molecule has 1 aromatic carbocycles. The van der Waals surface area contributed by atoms with Gasteiger partial charge in [-0.3, -0.25) is 4.79 Å². The summed E-state index contributed by atoms with van der Waals surface area (Å²) in [5.74, 6) is 3.06. The van der Waals surface area contributed by atoms with Gasteiger partial charge >= 0.3 is 0 Å². The van der Waals surface area contributed by atoms with Crippen molar-refractivity contribution in [2.45, 2.75) is 13.0 Å². The Balaban J connectivity index is 2.68. The molecule has 0 fully saturated rings.